The first-order valence-corrected chi connectivity index (χ1v) is 5.50. The van der Waals surface area contributed by atoms with Gasteiger partial charge in [0, 0.05) is 12.2 Å². The van der Waals surface area contributed by atoms with Crippen molar-refractivity contribution in [2.45, 2.75) is 18.6 Å². The number of benzene rings is 1. The standard InChI is InChI=1S/C12H14F2O3/c13-10-3-1-2-9(12(10)14)11(15)7-17-8-4-5-16-6-8/h1-3,8,11,15H,4-7H2. The van der Waals surface area contributed by atoms with Crippen LogP contribution in [-0.2, 0) is 9.47 Å². The van der Waals surface area contributed by atoms with Crippen LogP contribution >= 0.6 is 0 Å². The van der Waals surface area contributed by atoms with Gasteiger partial charge in [0.1, 0.15) is 6.10 Å². The van der Waals surface area contributed by atoms with Crippen LogP contribution in [0, 0.1) is 11.6 Å². The topological polar surface area (TPSA) is 38.7 Å². The fraction of sp³-hybridized carbons (Fsp3) is 0.500. The molecule has 1 saturated heterocycles. The first-order valence-electron chi connectivity index (χ1n) is 5.50. The molecular formula is C12H14F2O3. The molecule has 0 spiro atoms. The lowest BCUT2D eigenvalue weighted by molar-refractivity contribution is -0.0143. The van der Waals surface area contributed by atoms with E-state index >= 15 is 0 Å². The van der Waals surface area contributed by atoms with Gasteiger partial charge in [0.15, 0.2) is 11.6 Å². The minimum absolute atomic E-state index is 0.0611. The highest BCUT2D eigenvalue weighted by atomic mass is 19.2. The molecule has 0 bridgehead atoms. The second-order valence-corrected chi connectivity index (χ2v) is 3.98. The van der Waals surface area contributed by atoms with Gasteiger partial charge in [0.05, 0.1) is 19.3 Å². The van der Waals surface area contributed by atoms with E-state index in [1.54, 1.807) is 0 Å². The molecule has 1 aromatic carbocycles. The SMILES string of the molecule is OC(COC1CCOC1)c1cccc(F)c1F. The molecule has 0 radical (unpaired) electrons. The zero-order chi connectivity index (χ0) is 12.3. The van der Waals surface area contributed by atoms with Gasteiger partial charge in [0.2, 0.25) is 0 Å². The van der Waals surface area contributed by atoms with Gasteiger partial charge in [0.25, 0.3) is 0 Å². The van der Waals surface area contributed by atoms with Gasteiger partial charge < -0.3 is 14.6 Å². The maximum absolute atomic E-state index is 13.3. The summed E-state index contributed by atoms with van der Waals surface area (Å²) < 4.78 is 36.7. The monoisotopic (exact) mass is 244 g/mol. The zero-order valence-electron chi connectivity index (χ0n) is 9.23. The quantitative estimate of drug-likeness (QED) is 0.877. The Labute approximate surface area is 98.0 Å². The summed E-state index contributed by atoms with van der Waals surface area (Å²) in [4.78, 5) is 0. The number of hydrogen-bond donors (Lipinski definition) is 1. The average Bonchev–Trinajstić information content (AvgIpc) is 2.82. The van der Waals surface area contributed by atoms with Crippen LogP contribution in [-0.4, -0.2) is 31.0 Å². The van der Waals surface area contributed by atoms with E-state index in [-0.39, 0.29) is 18.3 Å². The van der Waals surface area contributed by atoms with Crippen LogP contribution in [0.5, 0.6) is 0 Å². The molecule has 0 aromatic heterocycles. The molecule has 2 unspecified atom stereocenters. The van der Waals surface area contributed by atoms with Crippen molar-refractivity contribution in [3.05, 3.63) is 35.4 Å². The van der Waals surface area contributed by atoms with E-state index in [9.17, 15) is 13.9 Å². The molecule has 0 aliphatic carbocycles. The van der Waals surface area contributed by atoms with Gasteiger partial charge in [-0.15, -0.1) is 0 Å². The number of ether oxygens (including phenoxy) is 2. The van der Waals surface area contributed by atoms with Gasteiger partial charge in [-0.25, -0.2) is 8.78 Å². The van der Waals surface area contributed by atoms with Crippen LogP contribution < -0.4 is 0 Å². The molecular weight excluding hydrogens is 230 g/mol. The van der Waals surface area contributed by atoms with Crippen molar-refractivity contribution >= 4 is 0 Å². The first kappa shape index (κ1) is 12.4. The average molecular weight is 244 g/mol. The van der Waals surface area contributed by atoms with E-state index in [0.717, 1.165) is 12.5 Å². The predicted octanol–water partition coefficient (Wildman–Crippen LogP) is 1.80. The van der Waals surface area contributed by atoms with Crippen LogP contribution in [0.2, 0.25) is 0 Å². The van der Waals surface area contributed by atoms with Crippen LogP contribution in [0.4, 0.5) is 8.78 Å². The van der Waals surface area contributed by atoms with Crippen LogP contribution in [0.1, 0.15) is 18.1 Å². The van der Waals surface area contributed by atoms with Crippen LogP contribution in [0.25, 0.3) is 0 Å². The molecule has 94 valence electrons. The third-order valence-corrected chi connectivity index (χ3v) is 2.72. The lowest BCUT2D eigenvalue weighted by atomic mass is 10.1. The third kappa shape index (κ3) is 3.00. The normalized spacial score (nSPS) is 21.7. The lowest BCUT2D eigenvalue weighted by Gasteiger charge is -2.15. The maximum atomic E-state index is 13.3. The Balaban J connectivity index is 1.94. The maximum Gasteiger partial charge on any atom is 0.164 e. The van der Waals surface area contributed by atoms with E-state index < -0.39 is 17.7 Å². The molecule has 3 nitrogen and oxygen atoms in total. The third-order valence-electron chi connectivity index (χ3n) is 2.72. The number of rotatable bonds is 4. The van der Waals surface area contributed by atoms with E-state index in [4.69, 9.17) is 9.47 Å². The summed E-state index contributed by atoms with van der Waals surface area (Å²) in [6, 6.07) is 3.71. The predicted molar refractivity (Wildman–Crippen MR) is 56.5 cm³/mol. The highest BCUT2D eigenvalue weighted by Gasteiger charge is 2.20. The molecule has 0 saturated carbocycles. The smallest absolute Gasteiger partial charge is 0.164 e. The summed E-state index contributed by atoms with van der Waals surface area (Å²) in [5.74, 6) is -1.99. The van der Waals surface area contributed by atoms with Crippen molar-refractivity contribution in [3.8, 4) is 0 Å². The van der Waals surface area contributed by atoms with Gasteiger partial charge in [-0.3, -0.25) is 0 Å². The van der Waals surface area contributed by atoms with Gasteiger partial charge in [-0.2, -0.15) is 0 Å². The molecule has 1 fully saturated rings. The second kappa shape index (κ2) is 5.53. The van der Waals surface area contributed by atoms with E-state index in [1.807, 2.05) is 0 Å². The highest BCUT2D eigenvalue weighted by Crippen LogP contribution is 2.20. The molecule has 5 heteroatoms. The molecule has 1 aromatic rings. The number of hydrogen-bond acceptors (Lipinski definition) is 3. The Morgan fingerprint density at radius 2 is 2.29 bits per heavy atom. The molecule has 2 rings (SSSR count). The summed E-state index contributed by atoms with van der Waals surface area (Å²) in [5, 5.41) is 9.71. The zero-order valence-corrected chi connectivity index (χ0v) is 9.23. The summed E-state index contributed by atoms with van der Waals surface area (Å²) in [6.07, 6.45) is -0.467. The van der Waals surface area contributed by atoms with Crippen molar-refractivity contribution in [1.82, 2.24) is 0 Å². The summed E-state index contributed by atoms with van der Waals surface area (Å²) in [7, 11) is 0. The Morgan fingerprint density at radius 1 is 1.47 bits per heavy atom. The summed E-state index contributed by atoms with van der Waals surface area (Å²) >= 11 is 0. The largest absolute Gasteiger partial charge is 0.386 e. The highest BCUT2D eigenvalue weighted by molar-refractivity contribution is 5.21. The van der Waals surface area contributed by atoms with Crippen molar-refractivity contribution in [2.75, 3.05) is 19.8 Å². The molecule has 17 heavy (non-hydrogen) atoms. The van der Waals surface area contributed by atoms with Crippen molar-refractivity contribution in [3.63, 3.8) is 0 Å². The fourth-order valence-corrected chi connectivity index (χ4v) is 1.74. The second-order valence-electron chi connectivity index (χ2n) is 3.98. The lowest BCUT2D eigenvalue weighted by Crippen LogP contribution is -2.18. The molecule has 2 atom stereocenters. The Bertz CT molecular complexity index is 378. The van der Waals surface area contributed by atoms with Crippen molar-refractivity contribution in [1.29, 1.82) is 0 Å². The van der Waals surface area contributed by atoms with Gasteiger partial charge in [-0.1, -0.05) is 12.1 Å². The van der Waals surface area contributed by atoms with Crippen molar-refractivity contribution in [2.24, 2.45) is 0 Å². The number of aliphatic hydroxyl groups is 1. The fourth-order valence-electron chi connectivity index (χ4n) is 1.74. The molecule has 1 aliphatic heterocycles. The van der Waals surface area contributed by atoms with Crippen LogP contribution in [0.3, 0.4) is 0 Å². The molecule has 1 heterocycles. The van der Waals surface area contributed by atoms with E-state index in [1.165, 1.54) is 12.1 Å². The molecule has 1 N–H and O–H groups in total. The minimum atomic E-state index is -1.16. The number of halogens is 2. The Kier molecular flexibility index (Phi) is 4.04. The summed E-state index contributed by atoms with van der Waals surface area (Å²) in [6.45, 7) is 1.06. The van der Waals surface area contributed by atoms with E-state index in [0.29, 0.717) is 13.2 Å². The number of aliphatic hydroxyl groups excluding tert-OH is 1. The molecule has 1 aliphatic rings. The van der Waals surface area contributed by atoms with E-state index in [2.05, 4.69) is 0 Å². The minimum Gasteiger partial charge on any atom is -0.386 e. The molecule has 0 amide bonds. The van der Waals surface area contributed by atoms with Gasteiger partial charge in [-0.05, 0) is 12.5 Å². The Morgan fingerprint density at radius 3 is 3.00 bits per heavy atom. The van der Waals surface area contributed by atoms with Gasteiger partial charge >= 0.3 is 0 Å². The van der Waals surface area contributed by atoms with Crippen molar-refractivity contribution < 1.29 is 23.4 Å². The first-order chi connectivity index (χ1) is 8.18. The van der Waals surface area contributed by atoms with Crippen LogP contribution in [0.15, 0.2) is 18.2 Å². The Hall–Kier alpha value is -1.04. The summed E-state index contributed by atoms with van der Waals surface area (Å²) in [5.41, 5.74) is -0.0797.